The summed E-state index contributed by atoms with van der Waals surface area (Å²) in [5.41, 5.74) is -2.39. The van der Waals surface area contributed by atoms with Crippen molar-refractivity contribution in [3.8, 4) is 0 Å². The van der Waals surface area contributed by atoms with Crippen molar-refractivity contribution in [2.75, 3.05) is 6.61 Å². The number of ether oxygens (including phenoxy) is 1. The van der Waals surface area contributed by atoms with Crippen molar-refractivity contribution in [1.29, 1.82) is 0 Å². The molecule has 0 bridgehead atoms. The zero-order valence-corrected chi connectivity index (χ0v) is 15.3. The Morgan fingerprint density at radius 3 is 2.41 bits per heavy atom. The first-order valence-electron chi connectivity index (χ1n) is 8.49. The van der Waals surface area contributed by atoms with Gasteiger partial charge in [-0.2, -0.15) is 0 Å². The first kappa shape index (κ1) is 19.5. The van der Waals surface area contributed by atoms with Crippen LogP contribution in [0.4, 0.5) is 4.39 Å². The topological polar surface area (TPSA) is 83.8 Å². The van der Waals surface area contributed by atoms with E-state index in [2.05, 4.69) is 0 Å². The summed E-state index contributed by atoms with van der Waals surface area (Å²) in [6.45, 7) is 2.18. The minimum atomic E-state index is -1.52. The smallest absolute Gasteiger partial charge is 0.336 e. The molecular weight excluding hydrogens is 375 g/mol. The number of halogens is 2. The molecule has 0 amide bonds. The molecule has 5 nitrogen and oxygen atoms in total. The van der Waals surface area contributed by atoms with Crippen LogP contribution in [-0.2, 0) is 10.3 Å². The molecule has 0 spiro atoms. The van der Waals surface area contributed by atoms with Gasteiger partial charge in [0.1, 0.15) is 11.4 Å². The van der Waals surface area contributed by atoms with E-state index >= 15 is 0 Å². The number of carbonyl (C=O) groups excluding carboxylic acids is 1. The number of aromatic carboxylic acids is 1. The quantitative estimate of drug-likeness (QED) is 0.730. The predicted molar refractivity (Wildman–Crippen MR) is 96.8 cm³/mol. The summed E-state index contributed by atoms with van der Waals surface area (Å²) < 4.78 is 20.2. The fourth-order valence-electron chi connectivity index (χ4n) is 3.23. The van der Waals surface area contributed by atoms with Crippen LogP contribution >= 0.6 is 11.6 Å². The van der Waals surface area contributed by atoms with Gasteiger partial charge >= 0.3 is 5.97 Å². The van der Waals surface area contributed by atoms with E-state index in [0.717, 1.165) is 12.1 Å². The second-order valence-corrected chi connectivity index (χ2v) is 6.88. The highest BCUT2D eigenvalue weighted by Gasteiger charge is 2.43. The van der Waals surface area contributed by atoms with Gasteiger partial charge in [0.15, 0.2) is 5.78 Å². The molecule has 0 aromatic heterocycles. The molecule has 0 aliphatic carbocycles. The predicted octanol–water partition coefficient (Wildman–Crippen LogP) is 3.79. The average Bonchev–Trinajstić information content (AvgIpc) is 2.59. The number of aliphatic hydroxyl groups is 1. The number of carboxylic acid groups (broad SMARTS) is 1. The largest absolute Gasteiger partial charge is 0.478 e. The van der Waals surface area contributed by atoms with Gasteiger partial charge in [-0.15, -0.1) is 0 Å². The van der Waals surface area contributed by atoms with Gasteiger partial charge in [0.05, 0.1) is 17.2 Å². The molecular formula is C20H18ClFO5. The molecule has 7 heteroatoms. The summed E-state index contributed by atoms with van der Waals surface area (Å²) in [6.07, 6.45) is 0.252. The molecule has 3 rings (SSSR count). The van der Waals surface area contributed by atoms with Gasteiger partial charge in [-0.3, -0.25) is 4.79 Å². The van der Waals surface area contributed by atoms with Crippen LogP contribution < -0.4 is 0 Å². The van der Waals surface area contributed by atoms with Crippen molar-refractivity contribution >= 4 is 23.4 Å². The van der Waals surface area contributed by atoms with E-state index in [9.17, 15) is 24.2 Å². The van der Waals surface area contributed by atoms with Gasteiger partial charge in [0.25, 0.3) is 0 Å². The highest BCUT2D eigenvalue weighted by atomic mass is 35.5. The molecule has 2 aromatic rings. The van der Waals surface area contributed by atoms with Gasteiger partial charge < -0.3 is 14.9 Å². The van der Waals surface area contributed by atoms with Crippen molar-refractivity contribution in [2.45, 2.75) is 31.5 Å². The van der Waals surface area contributed by atoms with Crippen molar-refractivity contribution in [3.63, 3.8) is 0 Å². The fourth-order valence-corrected chi connectivity index (χ4v) is 3.36. The van der Waals surface area contributed by atoms with E-state index in [1.54, 1.807) is 6.92 Å². The normalized spacial score (nSPS) is 18.4. The summed E-state index contributed by atoms with van der Waals surface area (Å²) in [4.78, 5) is 24.4. The molecule has 142 valence electrons. The van der Waals surface area contributed by atoms with Gasteiger partial charge in [0.2, 0.25) is 0 Å². The van der Waals surface area contributed by atoms with E-state index in [-0.39, 0.29) is 17.5 Å². The first-order valence-corrected chi connectivity index (χ1v) is 8.87. The Morgan fingerprint density at radius 1 is 1.30 bits per heavy atom. The summed E-state index contributed by atoms with van der Waals surface area (Å²) in [5.74, 6) is -3.23. The third-order valence-electron chi connectivity index (χ3n) is 4.92. The first-order chi connectivity index (χ1) is 12.8. The lowest BCUT2D eigenvalue weighted by atomic mass is 9.80. The van der Waals surface area contributed by atoms with Gasteiger partial charge in [-0.25, -0.2) is 9.18 Å². The van der Waals surface area contributed by atoms with Crippen molar-refractivity contribution in [1.82, 2.24) is 0 Å². The molecule has 0 saturated carbocycles. The highest BCUT2D eigenvalue weighted by molar-refractivity contribution is 6.30. The van der Waals surface area contributed by atoms with Gasteiger partial charge in [0, 0.05) is 23.6 Å². The second-order valence-electron chi connectivity index (χ2n) is 6.45. The highest BCUT2D eigenvalue weighted by Crippen LogP contribution is 2.38. The van der Waals surface area contributed by atoms with Crippen LogP contribution in [0.15, 0.2) is 36.4 Å². The maximum atomic E-state index is 14.9. The van der Waals surface area contributed by atoms with Crippen molar-refractivity contribution in [2.24, 2.45) is 0 Å². The minimum absolute atomic E-state index is 0.0808. The Kier molecular flexibility index (Phi) is 5.33. The number of rotatable bonds is 6. The zero-order valence-electron chi connectivity index (χ0n) is 14.5. The molecule has 1 heterocycles. The standard InChI is InChI=1S/C20H18ClFO5/c1-2-20(26,16-7-8-27-16)12-9-14(19(24)25)17(15(22)10-12)18(23)11-3-5-13(21)6-4-11/h3-6,9-10,16,26H,2,7-8H2,1H3,(H,24,25). The lowest BCUT2D eigenvalue weighted by Gasteiger charge is -2.41. The molecule has 1 fully saturated rings. The number of benzene rings is 2. The molecule has 2 aromatic carbocycles. The summed E-state index contributed by atoms with van der Waals surface area (Å²) >= 11 is 5.79. The molecule has 1 aliphatic rings. The summed E-state index contributed by atoms with van der Waals surface area (Å²) in [7, 11) is 0. The molecule has 2 N–H and O–H groups in total. The SMILES string of the molecule is CCC(O)(c1cc(F)c(C(=O)c2ccc(Cl)cc2)c(C(=O)O)c1)C1CCO1. The van der Waals surface area contributed by atoms with Crippen LogP contribution in [0.25, 0.3) is 0 Å². The Morgan fingerprint density at radius 2 is 1.93 bits per heavy atom. The number of carbonyl (C=O) groups is 2. The molecule has 0 radical (unpaired) electrons. The Hall–Kier alpha value is -2.28. The van der Waals surface area contributed by atoms with Crippen LogP contribution in [0.1, 0.15) is 51.6 Å². The van der Waals surface area contributed by atoms with Crippen LogP contribution in [0.2, 0.25) is 5.02 Å². The van der Waals surface area contributed by atoms with Crippen LogP contribution in [-0.4, -0.2) is 34.7 Å². The third kappa shape index (κ3) is 3.48. The molecule has 2 atom stereocenters. The van der Waals surface area contributed by atoms with E-state index in [1.165, 1.54) is 24.3 Å². The summed E-state index contributed by atoms with van der Waals surface area (Å²) in [5, 5.41) is 20.9. The molecule has 1 saturated heterocycles. The van der Waals surface area contributed by atoms with Crippen LogP contribution in [0.5, 0.6) is 0 Å². The Bertz CT molecular complexity index is 892. The van der Waals surface area contributed by atoms with Gasteiger partial charge in [-0.05, 0) is 48.4 Å². The van der Waals surface area contributed by atoms with E-state index in [4.69, 9.17) is 16.3 Å². The van der Waals surface area contributed by atoms with E-state index in [0.29, 0.717) is 18.1 Å². The van der Waals surface area contributed by atoms with E-state index in [1.807, 2.05) is 0 Å². The maximum Gasteiger partial charge on any atom is 0.336 e. The number of hydrogen-bond acceptors (Lipinski definition) is 4. The monoisotopic (exact) mass is 392 g/mol. The third-order valence-corrected chi connectivity index (χ3v) is 5.18. The van der Waals surface area contributed by atoms with Gasteiger partial charge in [-0.1, -0.05) is 18.5 Å². The lowest BCUT2D eigenvalue weighted by Crippen LogP contribution is -2.47. The van der Waals surface area contributed by atoms with E-state index < -0.39 is 40.4 Å². The lowest BCUT2D eigenvalue weighted by molar-refractivity contribution is -0.178. The zero-order chi connectivity index (χ0) is 19.8. The average molecular weight is 393 g/mol. The number of carboxylic acids is 1. The van der Waals surface area contributed by atoms with Crippen LogP contribution in [0.3, 0.4) is 0 Å². The molecule has 2 unspecified atom stereocenters. The second kappa shape index (κ2) is 7.38. The Labute approximate surface area is 160 Å². The fraction of sp³-hybridized carbons (Fsp3) is 0.300. The van der Waals surface area contributed by atoms with Crippen LogP contribution in [0, 0.1) is 5.82 Å². The molecule has 1 aliphatic heterocycles. The minimum Gasteiger partial charge on any atom is -0.478 e. The van der Waals surface area contributed by atoms with Crippen molar-refractivity contribution in [3.05, 3.63) is 69.5 Å². The Balaban J connectivity index is 2.11. The number of ketones is 1. The summed E-state index contributed by atoms with van der Waals surface area (Å²) in [6, 6.07) is 7.89. The maximum absolute atomic E-state index is 14.9. The van der Waals surface area contributed by atoms with Crippen molar-refractivity contribution < 1.29 is 28.9 Å². The number of hydrogen-bond donors (Lipinski definition) is 2. The molecule has 27 heavy (non-hydrogen) atoms.